The Hall–Kier alpha value is -1.54. The molecule has 3 atom stereocenters. The fraction of sp³-hybridized carbons (Fsp3) is 0.775. The molecule has 0 rings (SSSR count). The summed E-state index contributed by atoms with van der Waals surface area (Å²) in [4.78, 5) is 23.0. The normalized spacial score (nSPS) is 15.2. The number of hydrogen-bond donors (Lipinski definition) is 3. The van der Waals surface area contributed by atoms with E-state index in [4.69, 9.17) is 9.05 Å². The molecular weight excluding hydrogens is 635 g/mol. The van der Waals surface area contributed by atoms with E-state index in [1.807, 2.05) is 21.1 Å². The highest BCUT2D eigenvalue weighted by molar-refractivity contribution is 7.47. The smallest absolute Gasteiger partial charge is 0.391 e. The lowest BCUT2D eigenvalue weighted by Gasteiger charge is -2.26. The highest BCUT2D eigenvalue weighted by Gasteiger charge is 2.28. The van der Waals surface area contributed by atoms with E-state index >= 15 is 0 Å². The van der Waals surface area contributed by atoms with Crippen LogP contribution in [0.3, 0.4) is 0 Å². The fourth-order valence-corrected chi connectivity index (χ4v) is 5.95. The lowest BCUT2D eigenvalue weighted by Crippen LogP contribution is -2.46. The summed E-state index contributed by atoms with van der Waals surface area (Å²) in [5.41, 5.74) is 0. The average Bonchev–Trinajstić information content (AvgIpc) is 3.04. The number of allylic oxidation sites excluding steroid dienone is 8. The zero-order valence-corrected chi connectivity index (χ0v) is 33.1. The summed E-state index contributed by atoms with van der Waals surface area (Å²) in [6, 6.07) is -0.781. The number of nitrogens with zero attached hydrogens (tertiary/aromatic N) is 1. The molecule has 0 aliphatic rings. The van der Waals surface area contributed by atoms with Crippen LogP contribution in [-0.2, 0) is 18.4 Å². The third-order valence-electron chi connectivity index (χ3n) is 8.34. The Labute approximate surface area is 301 Å². The highest BCUT2D eigenvalue weighted by atomic mass is 31.2. The van der Waals surface area contributed by atoms with Crippen LogP contribution in [0, 0.1) is 0 Å². The van der Waals surface area contributed by atoms with Crippen LogP contribution in [0.25, 0.3) is 0 Å². The molecule has 0 saturated carbocycles. The maximum absolute atomic E-state index is 12.8. The summed E-state index contributed by atoms with van der Waals surface area (Å²) >= 11 is 0. The molecule has 286 valence electrons. The number of aliphatic hydroxyl groups is 1. The fourth-order valence-electron chi connectivity index (χ4n) is 5.21. The van der Waals surface area contributed by atoms with Gasteiger partial charge in [-0.15, -0.1) is 0 Å². The second-order valence-electron chi connectivity index (χ2n) is 14.3. The maximum atomic E-state index is 12.8. The van der Waals surface area contributed by atoms with Crippen molar-refractivity contribution in [1.82, 2.24) is 5.32 Å². The van der Waals surface area contributed by atoms with Crippen LogP contribution in [-0.4, -0.2) is 73.4 Å². The Kier molecular flexibility index (Phi) is 31.4. The number of nitrogens with one attached hydrogen (secondary N) is 1. The first kappa shape index (κ1) is 47.5. The van der Waals surface area contributed by atoms with E-state index in [-0.39, 0.29) is 19.1 Å². The van der Waals surface area contributed by atoms with Crippen LogP contribution >= 0.6 is 7.82 Å². The second-order valence-corrected chi connectivity index (χ2v) is 15.7. The first-order valence-corrected chi connectivity index (χ1v) is 21.0. The molecule has 0 bridgehead atoms. The number of hydrogen-bond acceptors (Lipinski definition) is 5. The lowest BCUT2D eigenvalue weighted by molar-refractivity contribution is -0.870. The number of aliphatic hydroxyl groups excluding tert-OH is 1. The summed E-state index contributed by atoms with van der Waals surface area (Å²) < 4.78 is 23.5. The molecule has 0 aromatic heterocycles. The van der Waals surface area contributed by atoms with Gasteiger partial charge in [0.2, 0.25) is 5.91 Å². The van der Waals surface area contributed by atoms with Crippen molar-refractivity contribution in [2.45, 2.75) is 161 Å². The largest absolute Gasteiger partial charge is 0.472 e. The lowest BCUT2D eigenvalue weighted by atomic mass is 10.0. The van der Waals surface area contributed by atoms with E-state index in [1.165, 1.54) is 57.8 Å². The van der Waals surface area contributed by atoms with Crippen LogP contribution in [0.1, 0.15) is 149 Å². The van der Waals surface area contributed by atoms with Crippen molar-refractivity contribution in [3.63, 3.8) is 0 Å². The van der Waals surface area contributed by atoms with Crippen molar-refractivity contribution in [3.05, 3.63) is 48.6 Å². The Morgan fingerprint density at radius 2 is 1.22 bits per heavy atom. The molecule has 0 spiro atoms. The summed E-state index contributed by atoms with van der Waals surface area (Å²) in [7, 11) is 1.58. The zero-order valence-electron chi connectivity index (χ0n) is 32.2. The van der Waals surface area contributed by atoms with Crippen LogP contribution < -0.4 is 5.32 Å². The number of rotatable bonds is 34. The Morgan fingerprint density at radius 1 is 0.714 bits per heavy atom. The molecule has 0 aromatic carbocycles. The number of amides is 1. The average molecular weight is 712 g/mol. The van der Waals surface area contributed by atoms with Gasteiger partial charge in [-0.05, 0) is 51.4 Å². The number of likely N-dealkylation sites (N-methyl/N-ethyl adjacent to an activating group) is 1. The third kappa shape index (κ3) is 34.7. The van der Waals surface area contributed by atoms with Gasteiger partial charge in [-0.25, -0.2) is 4.57 Å². The molecule has 0 aliphatic carbocycles. The number of phosphoric acid groups is 1. The van der Waals surface area contributed by atoms with Crippen molar-refractivity contribution in [3.8, 4) is 0 Å². The van der Waals surface area contributed by atoms with Crippen molar-refractivity contribution in [1.29, 1.82) is 0 Å². The number of unbranched alkanes of at least 4 members (excludes halogenated alkanes) is 13. The maximum Gasteiger partial charge on any atom is 0.472 e. The van der Waals surface area contributed by atoms with Crippen molar-refractivity contribution in [2.75, 3.05) is 40.9 Å². The van der Waals surface area contributed by atoms with Gasteiger partial charge < -0.3 is 19.8 Å². The molecule has 1 amide bonds. The van der Waals surface area contributed by atoms with Gasteiger partial charge in [0.05, 0.1) is 39.9 Å². The molecule has 3 unspecified atom stereocenters. The Balaban J connectivity index is 4.55. The molecule has 0 aromatic rings. The zero-order chi connectivity index (χ0) is 36.5. The van der Waals surface area contributed by atoms with Gasteiger partial charge in [0.1, 0.15) is 13.2 Å². The van der Waals surface area contributed by atoms with Gasteiger partial charge in [0.15, 0.2) is 0 Å². The van der Waals surface area contributed by atoms with Crippen LogP contribution in [0.15, 0.2) is 48.6 Å². The Morgan fingerprint density at radius 3 is 1.76 bits per heavy atom. The van der Waals surface area contributed by atoms with Crippen molar-refractivity contribution < 1.29 is 32.9 Å². The molecule has 0 fully saturated rings. The monoisotopic (exact) mass is 712 g/mol. The topological polar surface area (TPSA) is 105 Å². The van der Waals surface area contributed by atoms with Crippen LogP contribution in [0.2, 0.25) is 0 Å². The first-order chi connectivity index (χ1) is 23.5. The number of phosphoric ester groups is 1. The van der Waals surface area contributed by atoms with E-state index in [9.17, 15) is 19.4 Å². The van der Waals surface area contributed by atoms with E-state index in [2.05, 4.69) is 67.8 Å². The first-order valence-electron chi connectivity index (χ1n) is 19.5. The molecule has 0 radical (unpaired) electrons. The molecule has 0 saturated heterocycles. The van der Waals surface area contributed by atoms with Gasteiger partial charge in [-0.1, -0.05) is 140 Å². The van der Waals surface area contributed by atoms with Crippen LogP contribution in [0.4, 0.5) is 0 Å². The second kappa shape index (κ2) is 32.4. The van der Waals surface area contributed by atoms with Crippen molar-refractivity contribution >= 4 is 13.7 Å². The van der Waals surface area contributed by atoms with Gasteiger partial charge in [-0.3, -0.25) is 13.8 Å². The SMILES string of the molecule is CC/C=C\C/C=C\C/C=C\C/C=C\CCCCC(=O)NC(COP(=O)(O)OCC[N+](C)(C)C)C(O)CCCCCCCCCCCCCC. The predicted molar refractivity (Wildman–Crippen MR) is 207 cm³/mol. The number of carbonyl (C=O) groups is 1. The minimum absolute atomic E-state index is 0.0645. The number of carbonyl (C=O) groups excluding carboxylic acids is 1. The van der Waals surface area contributed by atoms with Crippen LogP contribution in [0.5, 0.6) is 0 Å². The van der Waals surface area contributed by atoms with E-state index in [1.54, 1.807) is 0 Å². The molecule has 8 nitrogen and oxygen atoms in total. The summed E-state index contributed by atoms with van der Waals surface area (Å²) in [6.07, 6.45) is 38.5. The summed E-state index contributed by atoms with van der Waals surface area (Å²) in [5, 5.41) is 13.8. The number of quaternary nitrogens is 1. The van der Waals surface area contributed by atoms with Gasteiger partial charge in [0, 0.05) is 6.42 Å². The van der Waals surface area contributed by atoms with E-state index in [0.29, 0.717) is 23.9 Å². The molecule has 9 heteroatoms. The molecule has 49 heavy (non-hydrogen) atoms. The minimum atomic E-state index is -4.32. The standard InChI is InChI=1S/C40H75N2O6P/c1-6-8-10-12-14-16-18-20-21-22-24-26-28-30-32-34-40(44)41-38(37-48-49(45,46)47-36-35-42(3,4)5)39(43)33-31-29-27-25-23-19-17-15-13-11-9-7-2/h8,10,14,16,20-21,24,26,38-39,43H,6-7,9,11-13,15,17-19,22-23,25,27-37H2,1-5H3,(H-,41,44,45,46)/p+1/b10-8-,16-14-,21-20-,26-24-. The Bertz CT molecular complexity index is 944. The van der Waals surface area contributed by atoms with Gasteiger partial charge in [0.25, 0.3) is 0 Å². The van der Waals surface area contributed by atoms with Gasteiger partial charge >= 0.3 is 7.82 Å². The molecule has 3 N–H and O–H groups in total. The van der Waals surface area contributed by atoms with Gasteiger partial charge in [-0.2, -0.15) is 0 Å². The third-order valence-corrected chi connectivity index (χ3v) is 9.33. The minimum Gasteiger partial charge on any atom is -0.391 e. The molecule has 0 aliphatic heterocycles. The quantitative estimate of drug-likeness (QED) is 0.0266. The van der Waals surface area contributed by atoms with E-state index in [0.717, 1.165) is 64.2 Å². The van der Waals surface area contributed by atoms with E-state index < -0.39 is 20.0 Å². The molecular formula is C40H76N2O6P+. The van der Waals surface area contributed by atoms with Crippen molar-refractivity contribution in [2.24, 2.45) is 0 Å². The highest BCUT2D eigenvalue weighted by Crippen LogP contribution is 2.43. The molecule has 0 heterocycles. The summed E-state index contributed by atoms with van der Waals surface area (Å²) in [5.74, 6) is -0.189. The predicted octanol–water partition coefficient (Wildman–Crippen LogP) is 10.1. The summed E-state index contributed by atoms with van der Waals surface area (Å²) in [6.45, 7) is 4.70.